The number of ether oxygens (including phenoxy) is 2. The Bertz CT molecular complexity index is 975. The number of rotatable bonds is 7. The van der Waals surface area contributed by atoms with Crippen molar-refractivity contribution in [2.45, 2.75) is 33.8 Å². The summed E-state index contributed by atoms with van der Waals surface area (Å²) in [5, 5.41) is 11.3. The molecule has 28 heavy (non-hydrogen) atoms. The molecule has 0 saturated carbocycles. The van der Waals surface area contributed by atoms with Crippen molar-refractivity contribution in [2.75, 3.05) is 7.11 Å². The fourth-order valence-electron chi connectivity index (χ4n) is 2.98. The topological polar surface area (TPSA) is 129 Å². The number of hydrogen-bond donors (Lipinski definition) is 1. The molecular weight excluding hydrogens is 368 g/mol. The number of aromatic nitrogens is 1. The van der Waals surface area contributed by atoms with Gasteiger partial charge in [-0.2, -0.15) is 0 Å². The predicted octanol–water partition coefficient (Wildman–Crippen LogP) is 3.18. The van der Waals surface area contributed by atoms with Gasteiger partial charge in [0.2, 0.25) is 5.78 Å². The minimum absolute atomic E-state index is 0.0116. The molecule has 0 aliphatic heterocycles. The van der Waals surface area contributed by atoms with Crippen molar-refractivity contribution in [2.24, 2.45) is 0 Å². The van der Waals surface area contributed by atoms with Crippen molar-refractivity contribution in [1.29, 1.82) is 0 Å². The van der Waals surface area contributed by atoms with Crippen LogP contribution in [0.3, 0.4) is 0 Å². The largest absolute Gasteiger partial charge is 0.475 e. The van der Waals surface area contributed by atoms with Gasteiger partial charge < -0.3 is 14.5 Å². The Kier molecular flexibility index (Phi) is 5.97. The maximum absolute atomic E-state index is 12.7. The van der Waals surface area contributed by atoms with E-state index < -0.39 is 28.5 Å². The Morgan fingerprint density at radius 2 is 1.86 bits per heavy atom. The van der Waals surface area contributed by atoms with E-state index in [1.165, 1.54) is 26.0 Å². The normalized spacial score (nSPS) is 11.6. The summed E-state index contributed by atoms with van der Waals surface area (Å²) in [5.41, 5.74) is 1.23. The van der Waals surface area contributed by atoms with Gasteiger partial charge in [-0.05, 0) is 45.4 Å². The van der Waals surface area contributed by atoms with Crippen LogP contribution >= 0.6 is 0 Å². The fraction of sp³-hybridized carbons (Fsp3) is 0.316. The number of carbonyl (C=O) groups excluding carboxylic acids is 3. The highest BCUT2D eigenvalue weighted by Gasteiger charge is 2.27. The van der Waals surface area contributed by atoms with Crippen LogP contribution in [0.1, 0.15) is 56.3 Å². The van der Waals surface area contributed by atoms with Crippen LogP contribution in [-0.2, 0) is 4.74 Å². The number of nitrogens with one attached hydrogen (secondary N) is 1. The highest BCUT2D eigenvalue weighted by molar-refractivity contribution is 6.04. The van der Waals surface area contributed by atoms with Crippen molar-refractivity contribution in [3.8, 4) is 5.75 Å². The van der Waals surface area contributed by atoms with E-state index in [9.17, 15) is 24.5 Å². The molecule has 0 amide bonds. The van der Waals surface area contributed by atoms with E-state index in [1.54, 1.807) is 13.8 Å². The number of nitrogens with zero attached hydrogens (tertiary/aromatic N) is 1. The standard InChI is InChI=1S/C19H20N2O7/c1-9-16(11(3)22)10(2)20-17(9)18(23)12(4)28-15-7-6-13(19(24)27-5)8-14(15)21(25)26/h6-8,12,20H,1-5H3/t12-/m1/s1. The first-order chi connectivity index (χ1) is 13.1. The lowest BCUT2D eigenvalue weighted by molar-refractivity contribution is -0.386. The third-order valence-corrected chi connectivity index (χ3v) is 4.29. The number of esters is 1. The van der Waals surface area contributed by atoms with Crippen LogP contribution in [0.5, 0.6) is 5.75 Å². The van der Waals surface area contributed by atoms with Crippen molar-refractivity contribution < 1.29 is 28.8 Å². The zero-order valence-corrected chi connectivity index (χ0v) is 16.1. The number of methoxy groups -OCH3 is 1. The molecule has 1 N–H and O–H groups in total. The van der Waals surface area contributed by atoms with Crippen LogP contribution in [0.15, 0.2) is 18.2 Å². The van der Waals surface area contributed by atoms with Gasteiger partial charge in [0.25, 0.3) is 0 Å². The Morgan fingerprint density at radius 3 is 2.36 bits per heavy atom. The molecule has 0 unspecified atom stereocenters. The van der Waals surface area contributed by atoms with E-state index >= 15 is 0 Å². The summed E-state index contributed by atoms with van der Waals surface area (Å²) < 4.78 is 10.1. The molecule has 1 aromatic heterocycles. The average molecular weight is 388 g/mol. The molecule has 2 aromatic rings. The second-order valence-corrected chi connectivity index (χ2v) is 6.24. The van der Waals surface area contributed by atoms with Crippen LogP contribution in [0.2, 0.25) is 0 Å². The minimum atomic E-state index is -1.07. The minimum Gasteiger partial charge on any atom is -0.475 e. The summed E-state index contributed by atoms with van der Waals surface area (Å²) in [4.78, 5) is 49.6. The number of hydrogen-bond acceptors (Lipinski definition) is 7. The summed E-state index contributed by atoms with van der Waals surface area (Å²) in [6.07, 6.45) is -1.07. The molecule has 0 radical (unpaired) electrons. The summed E-state index contributed by atoms with van der Waals surface area (Å²) >= 11 is 0. The zero-order valence-electron chi connectivity index (χ0n) is 16.1. The lowest BCUT2D eigenvalue weighted by Gasteiger charge is -2.14. The number of Topliss-reactive ketones (excluding diaryl/α,β-unsaturated/α-hetero) is 2. The SMILES string of the molecule is COC(=O)c1ccc(O[C@H](C)C(=O)c2[nH]c(C)c(C(C)=O)c2C)c([N+](=O)[O-])c1. The number of aryl methyl sites for hydroxylation is 1. The van der Waals surface area contributed by atoms with Gasteiger partial charge in [0.1, 0.15) is 0 Å². The molecule has 1 atom stereocenters. The first-order valence-corrected chi connectivity index (χ1v) is 8.36. The van der Waals surface area contributed by atoms with E-state index in [1.807, 2.05) is 0 Å². The molecule has 0 saturated heterocycles. The van der Waals surface area contributed by atoms with Crippen LogP contribution in [0.25, 0.3) is 0 Å². The number of H-pyrrole nitrogens is 1. The second kappa shape index (κ2) is 8.03. The third kappa shape index (κ3) is 3.93. The van der Waals surface area contributed by atoms with Gasteiger partial charge in [0.05, 0.1) is 23.3 Å². The maximum Gasteiger partial charge on any atom is 0.338 e. The van der Waals surface area contributed by atoms with E-state index in [0.717, 1.165) is 13.2 Å². The predicted molar refractivity (Wildman–Crippen MR) is 99.1 cm³/mol. The highest BCUT2D eigenvalue weighted by atomic mass is 16.6. The number of ketones is 2. The molecule has 0 aliphatic carbocycles. The smallest absolute Gasteiger partial charge is 0.338 e. The second-order valence-electron chi connectivity index (χ2n) is 6.24. The van der Waals surface area contributed by atoms with Gasteiger partial charge in [0.15, 0.2) is 17.6 Å². The van der Waals surface area contributed by atoms with Crippen molar-refractivity contribution in [3.63, 3.8) is 0 Å². The monoisotopic (exact) mass is 388 g/mol. The molecule has 9 heteroatoms. The molecule has 148 valence electrons. The molecule has 1 aromatic carbocycles. The van der Waals surface area contributed by atoms with Gasteiger partial charge in [-0.15, -0.1) is 0 Å². The summed E-state index contributed by atoms with van der Waals surface area (Å²) in [6, 6.07) is 3.57. The van der Waals surface area contributed by atoms with E-state index in [2.05, 4.69) is 9.72 Å². The Labute approximate surface area is 160 Å². The number of carbonyl (C=O) groups is 3. The summed E-state index contributed by atoms with van der Waals surface area (Å²) in [5.74, 6) is -1.52. The lowest BCUT2D eigenvalue weighted by Crippen LogP contribution is -2.25. The summed E-state index contributed by atoms with van der Waals surface area (Å²) in [6.45, 7) is 6.18. The van der Waals surface area contributed by atoms with Crippen LogP contribution < -0.4 is 4.74 Å². The van der Waals surface area contributed by atoms with E-state index in [4.69, 9.17) is 4.74 Å². The van der Waals surface area contributed by atoms with Crippen LogP contribution in [0.4, 0.5) is 5.69 Å². The van der Waals surface area contributed by atoms with Crippen molar-refractivity contribution in [1.82, 2.24) is 4.98 Å². The molecule has 9 nitrogen and oxygen atoms in total. The van der Waals surface area contributed by atoms with Gasteiger partial charge in [-0.1, -0.05) is 0 Å². The fourth-order valence-corrected chi connectivity index (χ4v) is 2.98. The Balaban J connectivity index is 2.34. The molecule has 0 fully saturated rings. The Hall–Kier alpha value is -3.49. The van der Waals surface area contributed by atoms with Gasteiger partial charge in [-0.25, -0.2) is 4.79 Å². The molecule has 0 aliphatic rings. The third-order valence-electron chi connectivity index (χ3n) is 4.29. The first-order valence-electron chi connectivity index (χ1n) is 8.36. The van der Waals surface area contributed by atoms with E-state index in [-0.39, 0.29) is 22.8 Å². The lowest BCUT2D eigenvalue weighted by atomic mass is 10.0. The molecule has 0 spiro atoms. The average Bonchev–Trinajstić information content (AvgIpc) is 2.94. The number of benzene rings is 1. The van der Waals surface area contributed by atoms with Gasteiger partial charge in [0, 0.05) is 17.3 Å². The number of nitro benzene ring substituents is 1. The van der Waals surface area contributed by atoms with Gasteiger partial charge >= 0.3 is 11.7 Å². The van der Waals surface area contributed by atoms with Crippen molar-refractivity contribution in [3.05, 3.63) is 56.4 Å². The highest BCUT2D eigenvalue weighted by Crippen LogP contribution is 2.30. The van der Waals surface area contributed by atoms with Crippen LogP contribution in [-0.4, -0.2) is 40.7 Å². The number of nitro groups is 1. The first kappa shape index (κ1) is 20.8. The quantitative estimate of drug-likeness (QED) is 0.334. The number of aromatic amines is 1. The maximum atomic E-state index is 12.7. The Morgan fingerprint density at radius 1 is 1.21 bits per heavy atom. The zero-order chi connectivity index (χ0) is 21.2. The molecule has 2 rings (SSSR count). The van der Waals surface area contributed by atoms with Gasteiger partial charge in [-0.3, -0.25) is 19.7 Å². The molecular formula is C19H20N2O7. The summed E-state index contributed by atoms with van der Waals surface area (Å²) in [7, 11) is 1.16. The molecule has 1 heterocycles. The molecule has 0 bridgehead atoms. The van der Waals surface area contributed by atoms with Crippen LogP contribution in [0, 0.1) is 24.0 Å². The van der Waals surface area contributed by atoms with E-state index in [0.29, 0.717) is 16.8 Å². The van der Waals surface area contributed by atoms with Crippen molar-refractivity contribution >= 4 is 23.2 Å².